The van der Waals surface area contributed by atoms with E-state index in [1.165, 1.54) is 25.7 Å². The number of aliphatic hydroxyl groups is 1. The van der Waals surface area contributed by atoms with Gasteiger partial charge in [0.15, 0.2) is 0 Å². The number of nitrogens with zero attached hydrogens (tertiary/aromatic N) is 1. The van der Waals surface area contributed by atoms with Gasteiger partial charge in [-0.2, -0.15) is 0 Å². The molecular weight excluding hydrogens is 214 g/mol. The highest BCUT2D eigenvalue weighted by molar-refractivity contribution is 5.27. The fourth-order valence-electron chi connectivity index (χ4n) is 2.68. The van der Waals surface area contributed by atoms with Crippen molar-refractivity contribution in [2.75, 3.05) is 13.2 Å². The maximum absolute atomic E-state index is 9.45. The zero-order valence-electron chi connectivity index (χ0n) is 10.2. The Balaban J connectivity index is 2.01. The third-order valence-corrected chi connectivity index (χ3v) is 3.52. The van der Waals surface area contributed by atoms with Crippen molar-refractivity contribution in [2.45, 2.75) is 38.3 Å². The Morgan fingerprint density at radius 3 is 2.65 bits per heavy atom. The summed E-state index contributed by atoms with van der Waals surface area (Å²) in [4.78, 5) is 2.34. The molecule has 3 nitrogen and oxygen atoms in total. The molecule has 0 aromatic heterocycles. The maximum atomic E-state index is 9.45. The maximum Gasteiger partial charge on any atom is 0.115 e. The second-order valence-corrected chi connectivity index (χ2v) is 4.80. The van der Waals surface area contributed by atoms with Gasteiger partial charge in [0, 0.05) is 19.1 Å². The third-order valence-electron chi connectivity index (χ3n) is 3.52. The van der Waals surface area contributed by atoms with Crippen LogP contribution in [-0.2, 0) is 6.54 Å². The molecule has 0 saturated heterocycles. The van der Waals surface area contributed by atoms with Gasteiger partial charge in [-0.1, -0.05) is 25.0 Å². The van der Waals surface area contributed by atoms with Gasteiger partial charge in [-0.3, -0.25) is 4.90 Å². The Kier molecular flexibility index (Phi) is 4.40. The van der Waals surface area contributed by atoms with E-state index < -0.39 is 0 Å². The monoisotopic (exact) mass is 235 g/mol. The van der Waals surface area contributed by atoms with Crippen molar-refractivity contribution >= 4 is 0 Å². The van der Waals surface area contributed by atoms with Gasteiger partial charge < -0.3 is 10.2 Å². The van der Waals surface area contributed by atoms with Crippen LogP contribution in [0.25, 0.3) is 0 Å². The number of hydrogen-bond acceptors (Lipinski definition) is 3. The summed E-state index contributed by atoms with van der Waals surface area (Å²) in [6.45, 7) is 1.75. The van der Waals surface area contributed by atoms with E-state index in [0.29, 0.717) is 11.8 Å². The summed E-state index contributed by atoms with van der Waals surface area (Å²) in [5, 5.41) is 18.6. The van der Waals surface area contributed by atoms with Crippen molar-refractivity contribution in [3.05, 3.63) is 29.8 Å². The highest BCUT2D eigenvalue weighted by atomic mass is 16.3. The molecule has 94 valence electrons. The van der Waals surface area contributed by atoms with E-state index in [0.717, 1.165) is 18.7 Å². The summed E-state index contributed by atoms with van der Waals surface area (Å²) in [5.74, 6) is 0.317. The molecule has 2 rings (SSSR count). The van der Waals surface area contributed by atoms with Crippen LogP contribution in [0.15, 0.2) is 24.3 Å². The largest absolute Gasteiger partial charge is 0.508 e. The Bertz CT molecular complexity index is 348. The molecule has 0 unspecified atom stereocenters. The lowest BCUT2D eigenvalue weighted by Crippen LogP contribution is -2.35. The van der Waals surface area contributed by atoms with E-state index in [1.807, 2.05) is 12.1 Å². The first-order valence-corrected chi connectivity index (χ1v) is 6.42. The highest BCUT2D eigenvalue weighted by Crippen LogP contribution is 2.25. The fourth-order valence-corrected chi connectivity index (χ4v) is 2.68. The third kappa shape index (κ3) is 3.45. The molecular formula is C14H21NO2. The molecule has 3 heteroatoms. The fraction of sp³-hybridized carbons (Fsp3) is 0.571. The van der Waals surface area contributed by atoms with Crippen molar-refractivity contribution in [3.8, 4) is 5.75 Å². The number of benzene rings is 1. The van der Waals surface area contributed by atoms with Gasteiger partial charge in [-0.25, -0.2) is 0 Å². The average molecular weight is 235 g/mol. The predicted octanol–water partition coefficient (Wildman–Crippen LogP) is 2.13. The molecule has 1 saturated carbocycles. The molecule has 17 heavy (non-hydrogen) atoms. The van der Waals surface area contributed by atoms with Crippen LogP contribution >= 0.6 is 0 Å². The molecule has 0 aliphatic heterocycles. The van der Waals surface area contributed by atoms with E-state index in [1.54, 1.807) is 12.1 Å². The van der Waals surface area contributed by atoms with Crippen molar-refractivity contribution in [2.24, 2.45) is 0 Å². The van der Waals surface area contributed by atoms with Gasteiger partial charge in [-0.05, 0) is 30.5 Å². The topological polar surface area (TPSA) is 43.7 Å². The first kappa shape index (κ1) is 12.4. The molecule has 0 amide bonds. The summed E-state index contributed by atoms with van der Waals surface area (Å²) >= 11 is 0. The summed E-state index contributed by atoms with van der Waals surface area (Å²) in [7, 11) is 0. The van der Waals surface area contributed by atoms with Crippen molar-refractivity contribution < 1.29 is 10.2 Å². The van der Waals surface area contributed by atoms with Crippen LogP contribution < -0.4 is 0 Å². The summed E-state index contributed by atoms with van der Waals surface area (Å²) < 4.78 is 0. The minimum atomic E-state index is 0.204. The molecule has 1 aliphatic rings. The van der Waals surface area contributed by atoms with Crippen molar-refractivity contribution in [1.29, 1.82) is 0 Å². The molecule has 0 radical (unpaired) electrons. The standard InChI is InChI=1S/C14H21NO2/c16-9-8-15(13-5-1-2-6-13)11-12-4-3-7-14(17)10-12/h3-4,7,10,13,16-17H,1-2,5-6,8-9,11H2. The average Bonchev–Trinajstić information content (AvgIpc) is 2.82. The molecule has 0 atom stereocenters. The lowest BCUT2D eigenvalue weighted by atomic mass is 10.1. The number of phenolic OH excluding ortho intramolecular Hbond substituents is 1. The van der Waals surface area contributed by atoms with Crippen molar-refractivity contribution in [3.63, 3.8) is 0 Å². The first-order valence-electron chi connectivity index (χ1n) is 6.42. The normalized spacial score (nSPS) is 16.8. The van der Waals surface area contributed by atoms with Gasteiger partial charge >= 0.3 is 0 Å². The number of phenols is 1. The number of rotatable bonds is 5. The van der Waals surface area contributed by atoms with E-state index in [9.17, 15) is 5.11 Å². The second-order valence-electron chi connectivity index (χ2n) is 4.80. The lowest BCUT2D eigenvalue weighted by molar-refractivity contribution is 0.144. The van der Waals surface area contributed by atoms with Crippen molar-refractivity contribution in [1.82, 2.24) is 4.90 Å². The molecule has 2 N–H and O–H groups in total. The number of aliphatic hydroxyl groups excluding tert-OH is 1. The first-order chi connectivity index (χ1) is 8.29. The quantitative estimate of drug-likeness (QED) is 0.821. The van der Waals surface area contributed by atoms with Gasteiger partial charge in [0.05, 0.1) is 6.61 Å². The van der Waals surface area contributed by atoms with Gasteiger partial charge in [0.2, 0.25) is 0 Å². The zero-order chi connectivity index (χ0) is 12.1. The molecule has 1 aromatic carbocycles. The minimum Gasteiger partial charge on any atom is -0.508 e. The lowest BCUT2D eigenvalue weighted by Gasteiger charge is -2.28. The van der Waals surface area contributed by atoms with E-state index in [4.69, 9.17) is 5.11 Å². The Hall–Kier alpha value is -1.06. The van der Waals surface area contributed by atoms with E-state index in [-0.39, 0.29) is 6.61 Å². The van der Waals surface area contributed by atoms with Crippen LogP contribution in [0.5, 0.6) is 5.75 Å². The van der Waals surface area contributed by atoms with Crippen LogP contribution in [0.1, 0.15) is 31.2 Å². The summed E-state index contributed by atoms with van der Waals surface area (Å²) in [6.07, 6.45) is 5.07. The summed E-state index contributed by atoms with van der Waals surface area (Å²) in [5.41, 5.74) is 1.12. The van der Waals surface area contributed by atoms with Crippen LogP contribution in [0.2, 0.25) is 0 Å². The van der Waals surface area contributed by atoms with Crippen LogP contribution in [-0.4, -0.2) is 34.3 Å². The number of aromatic hydroxyl groups is 1. The highest BCUT2D eigenvalue weighted by Gasteiger charge is 2.22. The molecule has 1 aromatic rings. The Labute approximate surface area is 103 Å². The SMILES string of the molecule is OCCN(Cc1cccc(O)c1)C1CCCC1. The molecule has 1 fully saturated rings. The summed E-state index contributed by atoms with van der Waals surface area (Å²) in [6, 6.07) is 7.99. The Morgan fingerprint density at radius 1 is 1.24 bits per heavy atom. The van der Waals surface area contributed by atoms with Crippen LogP contribution in [0, 0.1) is 0 Å². The van der Waals surface area contributed by atoms with E-state index in [2.05, 4.69) is 4.90 Å². The van der Waals surface area contributed by atoms with E-state index >= 15 is 0 Å². The molecule has 0 heterocycles. The van der Waals surface area contributed by atoms with Gasteiger partial charge in [0.25, 0.3) is 0 Å². The molecule has 1 aliphatic carbocycles. The van der Waals surface area contributed by atoms with Gasteiger partial charge in [-0.15, -0.1) is 0 Å². The molecule has 0 bridgehead atoms. The zero-order valence-corrected chi connectivity index (χ0v) is 10.2. The predicted molar refractivity (Wildman–Crippen MR) is 67.9 cm³/mol. The smallest absolute Gasteiger partial charge is 0.115 e. The van der Waals surface area contributed by atoms with Crippen LogP contribution in [0.3, 0.4) is 0 Å². The Morgan fingerprint density at radius 2 is 2.00 bits per heavy atom. The minimum absolute atomic E-state index is 0.204. The van der Waals surface area contributed by atoms with Gasteiger partial charge in [0.1, 0.15) is 5.75 Å². The second kappa shape index (κ2) is 6.03. The van der Waals surface area contributed by atoms with Crippen LogP contribution in [0.4, 0.5) is 0 Å². The molecule has 0 spiro atoms. The number of hydrogen-bond donors (Lipinski definition) is 2.